The highest BCUT2D eigenvalue weighted by Gasteiger charge is 2.37. The van der Waals surface area contributed by atoms with Gasteiger partial charge in [-0.1, -0.05) is 0 Å². The van der Waals surface area contributed by atoms with Gasteiger partial charge in [0.1, 0.15) is 0 Å². The number of piperidine rings is 1. The van der Waals surface area contributed by atoms with E-state index in [4.69, 9.17) is 14.6 Å². The van der Waals surface area contributed by atoms with Crippen molar-refractivity contribution in [2.75, 3.05) is 33.4 Å². The topological polar surface area (TPSA) is 59.0 Å². The van der Waals surface area contributed by atoms with E-state index in [1.807, 2.05) is 0 Å². The molecule has 0 saturated carbocycles. The van der Waals surface area contributed by atoms with Crippen molar-refractivity contribution < 1.29 is 19.4 Å². The van der Waals surface area contributed by atoms with Gasteiger partial charge in [-0.2, -0.15) is 0 Å². The molecular formula is C10H15NO4. The summed E-state index contributed by atoms with van der Waals surface area (Å²) in [7, 11) is 1.62. The lowest BCUT2D eigenvalue weighted by atomic mass is 9.83. The van der Waals surface area contributed by atoms with Crippen molar-refractivity contribution >= 4 is 6.09 Å². The average molecular weight is 213 g/mol. The highest BCUT2D eigenvalue weighted by molar-refractivity contribution is 5.65. The second-order valence-electron chi connectivity index (χ2n) is 3.97. The van der Waals surface area contributed by atoms with Crippen molar-refractivity contribution in [1.29, 1.82) is 0 Å². The van der Waals surface area contributed by atoms with E-state index in [0.717, 1.165) is 0 Å². The Morgan fingerprint density at radius 2 is 2.13 bits per heavy atom. The quantitative estimate of drug-likeness (QED) is 0.654. The molecule has 5 heteroatoms. The van der Waals surface area contributed by atoms with E-state index in [1.54, 1.807) is 13.4 Å². The van der Waals surface area contributed by atoms with Crippen LogP contribution in [0.2, 0.25) is 0 Å². The van der Waals surface area contributed by atoms with Gasteiger partial charge in [0.25, 0.3) is 0 Å². The summed E-state index contributed by atoms with van der Waals surface area (Å²) < 4.78 is 10.5. The first-order valence-corrected chi connectivity index (χ1v) is 5.00. The monoisotopic (exact) mass is 213 g/mol. The molecule has 2 atom stereocenters. The number of likely N-dealkylation sites (tertiary alicyclic amines) is 1. The number of hydrogen-bond acceptors (Lipinski definition) is 3. The highest BCUT2D eigenvalue weighted by atomic mass is 16.5. The van der Waals surface area contributed by atoms with Crippen LogP contribution in [-0.2, 0) is 9.47 Å². The van der Waals surface area contributed by atoms with Crippen LogP contribution in [0.15, 0.2) is 11.8 Å². The molecule has 0 aromatic carbocycles. The smallest absolute Gasteiger partial charge is 0.407 e. The van der Waals surface area contributed by atoms with E-state index in [2.05, 4.69) is 0 Å². The fourth-order valence-corrected chi connectivity index (χ4v) is 2.29. The summed E-state index contributed by atoms with van der Waals surface area (Å²) in [6.07, 6.45) is 0.903. The van der Waals surface area contributed by atoms with Crippen molar-refractivity contribution in [2.45, 2.75) is 0 Å². The van der Waals surface area contributed by atoms with Crippen molar-refractivity contribution in [2.24, 2.45) is 11.8 Å². The zero-order valence-electron chi connectivity index (χ0n) is 8.68. The number of nitrogens with zero attached hydrogens (tertiary/aromatic N) is 1. The van der Waals surface area contributed by atoms with Gasteiger partial charge in [-0.25, -0.2) is 4.79 Å². The molecule has 0 spiro atoms. The van der Waals surface area contributed by atoms with E-state index in [0.29, 0.717) is 26.3 Å². The minimum absolute atomic E-state index is 0.161. The summed E-state index contributed by atoms with van der Waals surface area (Å²) in [5, 5.41) is 8.94. The Morgan fingerprint density at radius 3 is 2.60 bits per heavy atom. The van der Waals surface area contributed by atoms with Gasteiger partial charge in [-0.15, -0.1) is 0 Å². The molecule has 2 unspecified atom stereocenters. The lowest BCUT2D eigenvalue weighted by Crippen LogP contribution is -2.50. The van der Waals surface area contributed by atoms with Crippen LogP contribution in [0.3, 0.4) is 0 Å². The number of amides is 1. The zero-order chi connectivity index (χ0) is 10.8. The van der Waals surface area contributed by atoms with Gasteiger partial charge in [-0.05, 0) is 5.57 Å². The van der Waals surface area contributed by atoms with Crippen molar-refractivity contribution in [3.05, 3.63) is 11.8 Å². The normalized spacial score (nSPS) is 29.9. The first kappa shape index (κ1) is 10.3. The molecule has 0 aliphatic carbocycles. The molecule has 84 valence electrons. The van der Waals surface area contributed by atoms with Gasteiger partial charge < -0.3 is 19.5 Å². The lowest BCUT2D eigenvalue weighted by molar-refractivity contribution is -0.000363. The van der Waals surface area contributed by atoms with Crippen molar-refractivity contribution in [1.82, 2.24) is 4.90 Å². The Labute approximate surface area is 88.3 Å². The second kappa shape index (κ2) is 4.10. The van der Waals surface area contributed by atoms with E-state index in [-0.39, 0.29) is 11.8 Å². The Kier molecular flexibility index (Phi) is 2.81. The largest absolute Gasteiger partial charge is 0.504 e. The minimum atomic E-state index is -0.844. The van der Waals surface area contributed by atoms with Gasteiger partial charge in [0.15, 0.2) is 0 Å². The Hall–Kier alpha value is -1.23. The van der Waals surface area contributed by atoms with Gasteiger partial charge in [0, 0.05) is 24.9 Å². The molecule has 2 aliphatic heterocycles. The van der Waals surface area contributed by atoms with E-state index >= 15 is 0 Å². The summed E-state index contributed by atoms with van der Waals surface area (Å²) in [5.74, 6) is 0.321. The molecule has 0 aromatic heterocycles. The summed E-state index contributed by atoms with van der Waals surface area (Å²) in [5.41, 5.74) is 1.20. The molecule has 0 aromatic rings. The SMILES string of the molecule is COC=C1C2COCC1CN(C(=O)O)C2. The Balaban J connectivity index is 2.15. The number of carbonyl (C=O) groups is 1. The first-order chi connectivity index (χ1) is 7.22. The lowest BCUT2D eigenvalue weighted by Gasteiger charge is -2.41. The predicted octanol–water partition coefficient (Wildman–Crippen LogP) is 0.773. The molecule has 1 amide bonds. The van der Waals surface area contributed by atoms with E-state index in [1.165, 1.54) is 10.5 Å². The van der Waals surface area contributed by atoms with Crippen LogP contribution < -0.4 is 0 Å². The van der Waals surface area contributed by atoms with Gasteiger partial charge in [-0.3, -0.25) is 0 Å². The number of ether oxygens (including phenoxy) is 2. The summed E-state index contributed by atoms with van der Waals surface area (Å²) in [4.78, 5) is 12.3. The Morgan fingerprint density at radius 1 is 1.53 bits per heavy atom. The molecule has 15 heavy (non-hydrogen) atoms. The number of rotatable bonds is 1. The van der Waals surface area contributed by atoms with Crippen LogP contribution >= 0.6 is 0 Å². The van der Waals surface area contributed by atoms with Crippen LogP contribution in [0, 0.1) is 11.8 Å². The van der Waals surface area contributed by atoms with E-state index in [9.17, 15) is 4.79 Å². The van der Waals surface area contributed by atoms with Gasteiger partial charge in [0.2, 0.25) is 0 Å². The molecule has 2 aliphatic rings. The molecule has 5 nitrogen and oxygen atoms in total. The van der Waals surface area contributed by atoms with Crippen molar-refractivity contribution in [3.8, 4) is 0 Å². The molecule has 2 fully saturated rings. The molecule has 2 saturated heterocycles. The molecule has 2 rings (SSSR count). The fourth-order valence-electron chi connectivity index (χ4n) is 2.29. The standard InChI is InChI=1S/C10H15NO4/c1-14-6-9-7-2-11(10(12)13)3-8(9)5-15-4-7/h6-8H,2-5H2,1H3,(H,12,13). The fraction of sp³-hybridized carbons (Fsp3) is 0.700. The maximum absolute atomic E-state index is 10.9. The average Bonchev–Trinajstić information content (AvgIpc) is 2.17. The number of fused-ring (bicyclic) bond motifs is 2. The van der Waals surface area contributed by atoms with Crippen molar-refractivity contribution in [3.63, 3.8) is 0 Å². The number of hydrogen-bond donors (Lipinski definition) is 1. The highest BCUT2D eigenvalue weighted by Crippen LogP contribution is 2.32. The van der Waals surface area contributed by atoms with Crippen LogP contribution in [0.25, 0.3) is 0 Å². The predicted molar refractivity (Wildman–Crippen MR) is 52.5 cm³/mol. The third-order valence-corrected chi connectivity index (χ3v) is 2.99. The molecule has 2 bridgehead atoms. The minimum Gasteiger partial charge on any atom is -0.504 e. The first-order valence-electron chi connectivity index (χ1n) is 5.00. The second-order valence-corrected chi connectivity index (χ2v) is 3.97. The summed E-state index contributed by atoms with van der Waals surface area (Å²) in [6, 6.07) is 0. The number of carboxylic acid groups (broad SMARTS) is 1. The van der Waals surface area contributed by atoms with E-state index < -0.39 is 6.09 Å². The molecule has 1 N–H and O–H groups in total. The number of methoxy groups -OCH3 is 1. The van der Waals surface area contributed by atoms with Crippen LogP contribution in [-0.4, -0.2) is 49.5 Å². The van der Waals surface area contributed by atoms with Crippen LogP contribution in [0.1, 0.15) is 0 Å². The van der Waals surface area contributed by atoms with Crippen LogP contribution in [0.5, 0.6) is 0 Å². The third-order valence-electron chi connectivity index (χ3n) is 2.99. The third kappa shape index (κ3) is 1.92. The molecule has 0 radical (unpaired) electrons. The summed E-state index contributed by atoms with van der Waals surface area (Å²) in [6.45, 7) is 2.22. The van der Waals surface area contributed by atoms with Gasteiger partial charge >= 0.3 is 6.09 Å². The maximum atomic E-state index is 10.9. The summed E-state index contributed by atoms with van der Waals surface area (Å²) >= 11 is 0. The molecular weight excluding hydrogens is 198 g/mol. The maximum Gasteiger partial charge on any atom is 0.407 e. The van der Waals surface area contributed by atoms with Gasteiger partial charge in [0.05, 0.1) is 26.6 Å². The molecule has 2 heterocycles. The Bertz CT molecular complexity index is 273. The van der Waals surface area contributed by atoms with Crippen LogP contribution in [0.4, 0.5) is 4.79 Å². The zero-order valence-corrected chi connectivity index (χ0v) is 8.68.